The van der Waals surface area contributed by atoms with E-state index in [-0.39, 0.29) is 0 Å². The van der Waals surface area contributed by atoms with Crippen molar-refractivity contribution in [2.75, 3.05) is 0 Å². The van der Waals surface area contributed by atoms with Crippen LogP contribution >= 0.6 is 11.3 Å². The van der Waals surface area contributed by atoms with E-state index in [1.807, 2.05) is 0 Å². The first-order valence-corrected chi connectivity index (χ1v) is 19.4. The first kappa shape index (κ1) is 30.4. The van der Waals surface area contributed by atoms with E-state index in [0.717, 1.165) is 49.3 Å². The predicted molar refractivity (Wildman–Crippen MR) is 232 cm³/mol. The second-order valence-corrected chi connectivity index (χ2v) is 15.3. The zero-order valence-electron chi connectivity index (χ0n) is 29.5. The normalized spacial score (nSPS) is 12.0. The van der Waals surface area contributed by atoms with Crippen molar-refractivity contribution in [3.8, 4) is 33.6 Å². The van der Waals surface area contributed by atoms with Crippen LogP contribution in [-0.2, 0) is 0 Å². The third-order valence-corrected chi connectivity index (χ3v) is 12.2. The summed E-state index contributed by atoms with van der Waals surface area (Å²) in [5, 5.41) is 6.11. The van der Waals surface area contributed by atoms with Crippen LogP contribution in [0.15, 0.2) is 182 Å². The molecule has 0 spiro atoms. The third kappa shape index (κ3) is 4.64. The molecule has 0 bridgehead atoms. The summed E-state index contributed by atoms with van der Waals surface area (Å²) in [4.78, 5) is 11.4. The van der Waals surface area contributed by atoms with E-state index < -0.39 is 0 Å². The number of para-hydroxylation sites is 4. The molecular formula is C50H30N4S. The highest BCUT2D eigenvalue weighted by molar-refractivity contribution is 7.25. The summed E-state index contributed by atoms with van der Waals surface area (Å²) >= 11 is 1.71. The standard InChI is InChI=1S/C50H30N4S/c1-3-11-35(12-4-1)53-44-17-9-7-15-37(44)39-27-31(20-24-46(39)53)33-22-26-48-41(29-33)49-50(55-48)52-42-23-19-34(30-43(42)51-49)32-21-25-47-40(28-32)38-16-8-10-18-45(38)54(47)36-13-5-2-6-14-36/h1-30H. The van der Waals surface area contributed by atoms with Gasteiger partial charge in [0.15, 0.2) is 0 Å². The molecule has 4 heterocycles. The van der Waals surface area contributed by atoms with Gasteiger partial charge in [0.1, 0.15) is 10.3 Å². The Hall–Kier alpha value is -7.08. The molecule has 0 aliphatic heterocycles. The molecule has 0 aliphatic carbocycles. The highest BCUT2D eigenvalue weighted by atomic mass is 32.1. The molecule has 12 aromatic rings. The second-order valence-electron chi connectivity index (χ2n) is 14.2. The molecule has 4 aromatic heterocycles. The fraction of sp³-hybridized carbons (Fsp3) is 0. The maximum atomic E-state index is 5.31. The summed E-state index contributed by atoms with van der Waals surface area (Å²) in [5.41, 5.74) is 14.5. The van der Waals surface area contributed by atoms with Crippen molar-refractivity contribution in [3.05, 3.63) is 182 Å². The van der Waals surface area contributed by atoms with Gasteiger partial charge >= 0.3 is 0 Å². The van der Waals surface area contributed by atoms with Crippen LogP contribution in [0.4, 0.5) is 0 Å². The van der Waals surface area contributed by atoms with E-state index in [1.54, 1.807) is 11.3 Å². The lowest BCUT2D eigenvalue weighted by atomic mass is 10.0. The number of rotatable bonds is 4. The van der Waals surface area contributed by atoms with Crippen molar-refractivity contribution < 1.29 is 0 Å². The zero-order chi connectivity index (χ0) is 36.0. The van der Waals surface area contributed by atoms with Gasteiger partial charge in [-0.1, -0.05) is 97.1 Å². The molecule has 55 heavy (non-hydrogen) atoms. The minimum atomic E-state index is 0.900. The molecule has 0 unspecified atom stereocenters. The molecule has 8 aromatic carbocycles. The average Bonchev–Trinajstić information content (AvgIpc) is 3.89. The topological polar surface area (TPSA) is 35.6 Å². The minimum Gasteiger partial charge on any atom is -0.309 e. The quantitative estimate of drug-likeness (QED) is 0.182. The van der Waals surface area contributed by atoms with Gasteiger partial charge in [-0.15, -0.1) is 11.3 Å². The van der Waals surface area contributed by atoms with Gasteiger partial charge in [-0.2, -0.15) is 0 Å². The molecule has 0 N–H and O–H groups in total. The predicted octanol–water partition coefficient (Wildman–Crippen LogP) is 13.5. The molecule has 5 heteroatoms. The average molecular weight is 719 g/mol. The molecule has 256 valence electrons. The van der Waals surface area contributed by atoms with Crippen LogP contribution in [0.25, 0.3) is 109 Å². The van der Waals surface area contributed by atoms with Gasteiger partial charge in [-0.05, 0) is 107 Å². The Morgan fingerprint density at radius 2 is 0.818 bits per heavy atom. The van der Waals surface area contributed by atoms with Gasteiger partial charge in [0, 0.05) is 43.0 Å². The molecule has 12 rings (SSSR count). The van der Waals surface area contributed by atoms with Crippen LogP contribution in [0.1, 0.15) is 0 Å². The summed E-state index contributed by atoms with van der Waals surface area (Å²) in [7, 11) is 0. The van der Waals surface area contributed by atoms with E-state index >= 15 is 0 Å². The molecule has 0 aliphatic rings. The van der Waals surface area contributed by atoms with Crippen LogP contribution in [0.5, 0.6) is 0 Å². The van der Waals surface area contributed by atoms with E-state index in [1.165, 1.54) is 59.4 Å². The van der Waals surface area contributed by atoms with E-state index in [0.29, 0.717) is 0 Å². The molecule has 0 saturated carbocycles. The summed E-state index contributed by atoms with van der Waals surface area (Å²) in [6.07, 6.45) is 0. The molecular weight excluding hydrogens is 689 g/mol. The van der Waals surface area contributed by atoms with Crippen LogP contribution in [-0.4, -0.2) is 19.1 Å². The lowest BCUT2D eigenvalue weighted by Gasteiger charge is -2.08. The monoisotopic (exact) mass is 718 g/mol. The minimum absolute atomic E-state index is 0.900. The number of fused-ring (bicyclic) bond motifs is 10. The number of hydrogen-bond acceptors (Lipinski definition) is 3. The molecule has 0 radical (unpaired) electrons. The van der Waals surface area contributed by atoms with Crippen molar-refractivity contribution >= 4 is 86.4 Å². The third-order valence-electron chi connectivity index (χ3n) is 11.1. The number of nitrogens with zero attached hydrogens (tertiary/aromatic N) is 4. The fourth-order valence-electron chi connectivity index (χ4n) is 8.57. The lowest BCUT2D eigenvalue weighted by Crippen LogP contribution is -1.92. The van der Waals surface area contributed by atoms with Crippen LogP contribution in [0.2, 0.25) is 0 Å². The Bertz CT molecular complexity index is 3480. The Labute approximate surface area is 319 Å². The maximum absolute atomic E-state index is 5.31. The highest BCUT2D eigenvalue weighted by Gasteiger charge is 2.17. The van der Waals surface area contributed by atoms with E-state index in [4.69, 9.17) is 9.97 Å². The molecule has 0 fully saturated rings. The van der Waals surface area contributed by atoms with Gasteiger partial charge in [-0.25, -0.2) is 9.97 Å². The SMILES string of the molecule is c1ccc(-n2c3ccccc3c3cc(-c4ccc5nc6sc7ccc(-c8ccc9c(c8)c8ccccc8n9-c8ccccc8)cc7c6nc5c4)ccc32)cc1. The Kier molecular flexibility index (Phi) is 6.47. The smallest absolute Gasteiger partial charge is 0.143 e. The van der Waals surface area contributed by atoms with Crippen LogP contribution < -0.4 is 0 Å². The molecule has 0 amide bonds. The second kappa shape index (κ2) is 11.7. The van der Waals surface area contributed by atoms with Crippen molar-refractivity contribution in [3.63, 3.8) is 0 Å². The Morgan fingerprint density at radius 1 is 0.345 bits per heavy atom. The van der Waals surface area contributed by atoms with Crippen molar-refractivity contribution in [1.82, 2.24) is 19.1 Å². The first-order chi connectivity index (χ1) is 27.2. The van der Waals surface area contributed by atoms with Crippen molar-refractivity contribution in [2.45, 2.75) is 0 Å². The van der Waals surface area contributed by atoms with Gasteiger partial charge in [0.25, 0.3) is 0 Å². The van der Waals surface area contributed by atoms with Gasteiger partial charge in [0.05, 0.1) is 33.1 Å². The van der Waals surface area contributed by atoms with Gasteiger partial charge in [-0.3, -0.25) is 0 Å². The lowest BCUT2D eigenvalue weighted by molar-refractivity contribution is 1.18. The highest BCUT2D eigenvalue weighted by Crippen LogP contribution is 2.40. The number of hydrogen-bond donors (Lipinski definition) is 0. The summed E-state index contributed by atoms with van der Waals surface area (Å²) < 4.78 is 5.91. The van der Waals surface area contributed by atoms with Gasteiger partial charge < -0.3 is 9.13 Å². The maximum Gasteiger partial charge on any atom is 0.143 e. The van der Waals surface area contributed by atoms with E-state index in [2.05, 4.69) is 191 Å². The van der Waals surface area contributed by atoms with Crippen molar-refractivity contribution in [2.24, 2.45) is 0 Å². The van der Waals surface area contributed by atoms with E-state index in [9.17, 15) is 0 Å². The van der Waals surface area contributed by atoms with Crippen LogP contribution in [0, 0.1) is 0 Å². The number of aromatic nitrogens is 4. The van der Waals surface area contributed by atoms with Crippen LogP contribution in [0.3, 0.4) is 0 Å². The molecule has 0 saturated heterocycles. The summed E-state index contributed by atoms with van der Waals surface area (Å²) in [6.45, 7) is 0. The zero-order valence-corrected chi connectivity index (χ0v) is 30.3. The molecule has 4 nitrogen and oxygen atoms in total. The molecule has 0 atom stereocenters. The van der Waals surface area contributed by atoms with Crippen molar-refractivity contribution in [1.29, 1.82) is 0 Å². The first-order valence-electron chi connectivity index (χ1n) is 18.6. The Morgan fingerprint density at radius 3 is 1.42 bits per heavy atom. The largest absolute Gasteiger partial charge is 0.309 e. The summed E-state index contributed by atoms with van der Waals surface area (Å²) in [5.74, 6) is 0. The fourth-order valence-corrected chi connectivity index (χ4v) is 9.57. The number of benzene rings is 8. The van der Waals surface area contributed by atoms with Gasteiger partial charge in [0.2, 0.25) is 0 Å². The number of thiophene rings is 1. The summed E-state index contributed by atoms with van der Waals surface area (Å²) in [6, 6.07) is 65.5. The Balaban J connectivity index is 0.976.